The van der Waals surface area contributed by atoms with Crippen LogP contribution in [0.5, 0.6) is 0 Å². The van der Waals surface area contributed by atoms with Gasteiger partial charge in [0.15, 0.2) is 0 Å². The first kappa shape index (κ1) is 16.2. The third-order valence-electron chi connectivity index (χ3n) is 3.10. The SMILES string of the molecule is CCc1ccc(C(C)NC(CC(C)C)C(=O)OC)s1. The van der Waals surface area contributed by atoms with Crippen LogP contribution in [-0.4, -0.2) is 19.1 Å². The standard InChI is InChI=1S/C15H25NO2S/c1-6-12-7-8-14(19-12)11(4)16-13(9-10(2)3)15(17)18-5/h7-8,10-11,13,16H,6,9H2,1-5H3. The summed E-state index contributed by atoms with van der Waals surface area (Å²) in [6.07, 6.45) is 1.85. The highest BCUT2D eigenvalue weighted by atomic mass is 32.1. The van der Waals surface area contributed by atoms with E-state index >= 15 is 0 Å². The van der Waals surface area contributed by atoms with Crippen LogP contribution in [0.25, 0.3) is 0 Å². The van der Waals surface area contributed by atoms with Crippen LogP contribution in [0, 0.1) is 5.92 Å². The summed E-state index contributed by atoms with van der Waals surface area (Å²) in [7, 11) is 1.45. The summed E-state index contributed by atoms with van der Waals surface area (Å²) in [6.45, 7) is 8.48. The molecule has 2 atom stereocenters. The average Bonchev–Trinajstić information content (AvgIpc) is 2.85. The Bertz CT molecular complexity index is 401. The van der Waals surface area contributed by atoms with Crippen molar-refractivity contribution in [2.75, 3.05) is 7.11 Å². The number of hydrogen-bond donors (Lipinski definition) is 1. The Kier molecular flexibility index (Phi) is 6.52. The second kappa shape index (κ2) is 7.65. The Hall–Kier alpha value is -0.870. The van der Waals surface area contributed by atoms with E-state index < -0.39 is 0 Å². The van der Waals surface area contributed by atoms with Gasteiger partial charge in [0.05, 0.1) is 7.11 Å². The predicted molar refractivity (Wildman–Crippen MR) is 80.5 cm³/mol. The van der Waals surface area contributed by atoms with Gasteiger partial charge in [0, 0.05) is 15.8 Å². The van der Waals surface area contributed by atoms with Crippen molar-refractivity contribution in [2.24, 2.45) is 5.92 Å². The number of carbonyl (C=O) groups is 1. The smallest absolute Gasteiger partial charge is 0.322 e. The molecule has 1 heterocycles. The second-order valence-corrected chi connectivity index (χ2v) is 6.45. The fraction of sp³-hybridized carbons (Fsp3) is 0.667. The number of rotatable bonds is 7. The molecular weight excluding hydrogens is 258 g/mol. The van der Waals surface area contributed by atoms with Crippen LogP contribution in [-0.2, 0) is 16.0 Å². The number of nitrogens with one attached hydrogen (secondary N) is 1. The number of aryl methyl sites for hydroxylation is 1. The quantitative estimate of drug-likeness (QED) is 0.778. The maximum absolute atomic E-state index is 11.8. The van der Waals surface area contributed by atoms with Crippen LogP contribution in [0.3, 0.4) is 0 Å². The first-order chi connectivity index (χ1) is 8.97. The molecule has 1 N–H and O–H groups in total. The molecule has 0 aromatic carbocycles. The summed E-state index contributed by atoms with van der Waals surface area (Å²) < 4.78 is 4.88. The lowest BCUT2D eigenvalue weighted by Crippen LogP contribution is -2.39. The fourth-order valence-electron chi connectivity index (χ4n) is 2.05. The molecular formula is C15H25NO2S. The van der Waals surface area contributed by atoms with Crippen molar-refractivity contribution in [3.63, 3.8) is 0 Å². The van der Waals surface area contributed by atoms with Gasteiger partial charge in [0.2, 0.25) is 0 Å². The van der Waals surface area contributed by atoms with E-state index in [0.29, 0.717) is 5.92 Å². The number of hydrogen-bond acceptors (Lipinski definition) is 4. The summed E-state index contributed by atoms with van der Waals surface area (Å²) in [6, 6.07) is 4.25. The van der Waals surface area contributed by atoms with Gasteiger partial charge < -0.3 is 4.74 Å². The highest BCUT2D eigenvalue weighted by molar-refractivity contribution is 7.12. The zero-order valence-corrected chi connectivity index (χ0v) is 13.3. The molecule has 19 heavy (non-hydrogen) atoms. The minimum absolute atomic E-state index is 0.173. The van der Waals surface area contributed by atoms with Gasteiger partial charge in [-0.15, -0.1) is 11.3 Å². The molecule has 0 saturated heterocycles. The van der Waals surface area contributed by atoms with Crippen LogP contribution >= 0.6 is 11.3 Å². The maximum atomic E-state index is 11.8. The fourth-order valence-corrected chi connectivity index (χ4v) is 3.01. The summed E-state index contributed by atoms with van der Waals surface area (Å²) in [5.74, 6) is 0.283. The van der Waals surface area contributed by atoms with E-state index in [1.807, 2.05) is 0 Å². The lowest BCUT2D eigenvalue weighted by molar-refractivity contribution is -0.143. The van der Waals surface area contributed by atoms with Gasteiger partial charge in [0.1, 0.15) is 6.04 Å². The Morgan fingerprint density at radius 2 is 2.05 bits per heavy atom. The van der Waals surface area contributed by atoms with Crippen molar-refractivity contribution in [1.29, 1.82) is 0 Å². The van der Waals surface area contributed by atoms with Crippen molar-refractivity contribution < 1.29 is 9.53 Å². The minimum Gasteiger partial charge on any atom is -0.468 e. The van der Waals surface area contributed by atoms with E-state index in [0.717, 1.165) is 12.8 Å². The van der Waals surface area contributed by atoms with Crippen molar-refractivity contribution in [1.82, 2.24) is 5.32 Å². The Labute approximate surface area is 120 Å². The summed E-state index contributed by atoms with van der Waals surface area (Å²) in [5.41, 5.74) is 0. The molecule has 0 amide bonds. The molecule has 1 aromatic rings. The summed E-state index contributed by atoms with van der Waals surface area (Å²) in [5, 5.41) is 3.39. The molecule has 0 aliphatic rings. The van der Waals surface area contributed by atoms with Crippen LogP contribution in [0.1, 0.15) is 49.9 Å². The van der Waals surface area contributed by atoms with Gasteiger partial charge in [-0.2, -0.15) is 0 Å². The van der Waals surface area contributed by atoms with Crippen LogP contribution in [0.4, 0.5) is 0 Å². The van der Waals surface area contributed by atoms with Gasteiger partial charge in [-0.25, -0.2) is 0 Å². The highest BCUT2D eigenvalue weighted by Gasteiger charge is 2.23. The molecule has 0 spiro atoms. The average molecular weight is 283 g/mol. The zero-order chi connectivity index (χ0) is 14.4. The molecule has 0 aliphatic carbocycles. The van der Waals surface area contributed by atoms with E-state index in [-0.39, 0.29) is 18.1 Å². The van der Waals surface area contributed by atoms with Crippen molar-refractivity contribution in [3.05, 3.63) is 21.9 Å². The van der Waals surface area contributed by atoms with Gasteiger partial charge in [-0.05, 0) is 37.8 Å². The van der Waals surface area contributed by atoms with Gasteiger partial charge in [-0.3, -0.25) is 10.1 Å². The lowest BCUT2D eigenvalue weighted by atomic mass is 10.0. The van der Waals surface area contributed by atoms with Crippen LogP contribution in [0.15, 0.2) is 12.1 Å². The Morgan fingerprint density at radius 1 is 1.37 bits per heavy atom. The number of ether oxygens (including phenoxy) is 1. The maximum Gasteiger partial charge on any atom is 0.322 e. The molecule has 0 bridgehead atoms. The third kappa shape index (κ3) is 4.96. The highest BCUT2D eigenvalue weighted by Crippen LogP contribution is 2.24. The molecule has 0 saturated carbocycles. The molecule has 4 heteroatoms. The third-order valence-corrected chi connectivity index (χ3v) is 4.51. The molecule has 1 aromatic heterocycles. The normalized spacial score (nSPS) is 14.4. The van der Waals surface area contributed by atoms with Crippen molar-refractivity contribution in [3.8, 4) is 0 Å². The molecule has 0 aliphatic heterocycles. The monoisotopic (exact) mass is 283 g/mol. The topological polar surface area (TPSA) is 38.3 Å². The Morgan fingerprint density at radius 3 is 2.53 bits per heavy atom. The van der Waals surface area contributed by atoms with E-state index in [9.17, 15) is 4.79 Å². The Balaban J connectivity index is 2.69. The largest absolute Gasteiger partial charge is 0.468 e. The first-order valence-corrected chi connectivity index (χ1v) is 7.72. The van der Waals surface area contributed by atoms with Crippen molar-refractivity contribution in [2.45, 2.75) is 52.6 Å². The van der Waals surface area contributed by atoms with E-state index in [1.54, 1.807) is 11.3 Å². The molecule has 1 rings (SSSR count). The molecule has 2 unspecified atom stereocenters. The number of carbonyl (C=O) groups excluding carboxylic acids is 1. The summed E-state index contributed by atoms with van der Waals surface area (Å²) >= 11 is 1.81. The lowest BCUT2D eigenvalue weighted by Gasteiger charge is -2.22. The second-order valence-electron chi connectivity index (χ2n) is 5.25. The van der Waals surface area contributed by atoms with E-state index in [1.165, 1.54) is 16.9 Å². The first-order valence-electron chi connectivity index (χ1n) is 6.90. The molecule has 0 radical (unpaired) electrons. The van der Waals surface area contributed by atoms with E-state index in [4.69, 9.17) is 4.74 Å². The summed E-state index contributed by atoms with van der Waals surface area (Å²) in [4.78, 5) is 14.4. The predicted octanol–water partition coefficient (Wildman–Crippen LogP) is 3.55. The molecule has 3 nitrogen and oxygen atoms in total. The number of esters is 1. The van der Waals surface area contributed by atoms with Gasteiger partial charge in [0.25, 0.3) is 0 Å². The van der Waals surface area contributed by atoms with Gasteiger partial charge >= 0.3 is 5.97 Å². The van der Waals surface area contributed by atoms with Crippen LogP contribution < -0.4 is 5.32 Å². The zero-order valence-electron chi connectivity index (χ0n) is 12.5. The minimum atomic E-state index is -0.229. The number of thiophene rings is 1. The van der Waals surface area contributed by atoms with E-state index in [2.05, 4.69) is 45.1 Å². The molecule has 0 fully saturated rings. The molecule has 108 valence electrons. The van der Waals surface area contributed by atoms with Crippen LogP contribution in [0.2, 0.25) is 0 Å². The number of methoxy groups -OCH3 is 1. The van der Waals surface area contributed by atoms with Gasteiger partial charge in [-0.1, -0.05) is 20.8 Å². The van der Waals surface area contributed by atoms with Crippen molar-refractivity contribution >= 4 is 17.3 Å².